The number of fused-ring (bicyclic) bond motifs is 5. The second kappa shape index (κ2) is 13.5. The van der Waals surface area contributed by atoms with Gasteiger partial charge in [0.2, 0.25) is 12.5 Å². The first-order chi connectivity index (χ1) is 24.7. The Kier molecular flexibility index (Phi) is 8.86. The van der Waals surface area contributed by atoms with Crippen molar-refractivity contribution in [1.82, 2.24) is 4.98 Å². The molecule has 270 valence electrons. The molecule has 4 aromatic rings. The van der Waals surface area contributed by atoms with Crippen LogP contribution in [0.25, 0.3) is 11.1 Å². The number of hydrogen-bond acceptors (Lipinski definition) is 15. The molecule has 5 heterocycles. The van der Waals surface area contributed by atoms with Crippen LogP contribution in [0.4, 0.5) is 0 Å². The van der Waals surface area contributed by atoms with Crippen molar-refractivity contribution in [2.75, 3.05) is 34.2 Å². The van der Waals surface area contributed by atoms with Gasteiger partial charge in [-0.15, -0.1) is 0 Å². The van der Waals surface area contributed by atoms with Crippen LogP contribution in [0.1, 0.15) is 35.6 Å². The quantitative estimate of drug-likeness (QED) is 0.257. The maximum absolute atomic E-state index is 13.4. The molecule has 5 aliphatic rings. The number of ether oxygens (including phenoxy) is 9. The molecule has 15 nitrogen and oxygen atoms in total. The first-order valence-corrected chi connectivity index (χ1v) is 16.5. The van der Waals surface area contributed by atoms with Gasteiger partial charge in [-0.3, -0.25) is 4.79 Å². The molecule has 0 radical (unpaired) electrons. The fourth-order valence-corrected chi connectivity index (χ4v) is 7.54. The Bertz CT molecular complexity index is 1860. The summed E-state index contributed by atoms with van der Waals surface area (Å²) in [5, 5.41) is 32.5. The van der Waals surface area contributed by atoms with Gasteiger partial charge in [-0.1, -0.05) is 12.1 Å². The lowest BCUT2D eigenvalue weighted by Gasteiger charge is -2.47. The zero-order valence-electron chi connectivity index (χ0n) is 27.9. The van der Waals surface area contributed by atoms with Crippen molar-refractivity contribution >= 4 is 17.1 Å². The maximum atomic E-state index is 13.4. The lowest BCUT2D eigenvalue weighted by atomic mass is 9.66. The second-order valence-electron chi connectivity index (χ2n) is 12.8. The normalized spacial score (nSPS) is 31.8. The summed E-state index contributed by atoms with van der Waals surface area (Å²) < 4.78 is 56.5. The van der Waals surface area contributed by atoms with Crippen molar-refractivity contribution in [3.05, 3.63) is 71.6 Å². The fraction of sp³-hybridized carbons (Fsp3) is 0.444. The molecule has 51 heavy (non-hydrogen) atoms. The molecule has 9 rings (SSSR count). The van der Waals surface area contributed by atoms with Gasteiger partial charge in [-0.05, 0) is 60.0 Å². The highest BCUT2D eigenvalue weighted by atomic mass is 16.8. The van der Waals surface area contributed by atoms with Crippen molar-refractivity contribution in [2.45, 2.75) is 55.9 Å². The fourth-order valence-electron chi connectivity index (χ4n) is 7.54. The molecule has 3 N–H and O–H groups in total. The molecule has 4 aliphatic heterocycles. The van der Waals surface area contributed by atoms with Crippen molar-refractivity contribution in [1.29, 1.82) is 0 Å². The number of benzene rings is 3. The van der Waals surface area contributed by atoms with Crippen LogP contribution in [-0.2, 0) is 28.5 Å². The number of nitrogens with zero attached hydrogens (tertiary/aromatic N) is 1. The largest absolute Gasteiger partial charge is 0.502 e. The van der Waals surface area contributed by atoms with E-state index in [9.17, 15) is 20.1 Å². The van der Waals surface area contributed by atoms with Gasteiger partial charge < -0.3 is 62.4 Å². The highest BCUT2D eigenvalue weighted by molar-refractivity contribution is 5.79. The topological polar surface area (TPSA) is 187 Å². The molecule has 10 atom stereocenters. The third kappa shape index (κ3) is 5.89. The van der Waals surface area contributed by atoms with Crippen LogP contribution < -0.4 is 18.9 Å². The summed E-state index contributed by atoms with van der Waals surface area (Å²) in [6.45, 7) is 1.93. The Balaban J connectivity index is 0.000000359. The molecule has 0 spiro atoms. The van der Waals surface area contributed by atoms with E-state index in [0.29, 0.717) is 28.2 Å². The number of aromatic hydroxyl groups is 1. The van der Waals surface area contributed by atoms with E-state index in [1.807, 2.05) is 24.3 Å². The number of methoxy groups -OCH3 is 2. The molecule has 0 saturated carbocycles. The van der Waals surface area contributed by atoms with Gasteiger partial charge in [0, 0.05) is 11.8 Å². The summed E-state index contributed by atoms with van der Waals surface area (Å²) >= 11 is 0. The Morgan fingerprint density at radius 3 is 2.33 bits per heavy atom. The number of aliphatic hydroxyl groups excluding tert-OH is 2. The number of para-hydroxylation sites is 2. The summed E-state index contributed by atoms with van der Waals surface area (Å²) in [5.74, 6) is -1.02. The van der Waals surface area contributed by atoms with Crippen LogP contribution in [0.5, 0.6) is 28.7 Å². The number of rotatable bonds is 5. The third-order valence-electron chi connectivity index (χ3n) is 9.98. The minimum absolute atomic E-state index is 0.0301. The average Bonchev–Trinajstić information content (AvgIpc) is 3.91. The van der Waals surface area contributed by atoms with E-state index in [0.717, 1.165) is 11.1 Å². The van der Waals surface area contributed by atoms with Gasteiger partial charge in [0.1, 0.15) is 29.9 Å². The van der Waals surface area contributed by atoms with E-state index in [1.54, 1.807) is 31.2 Å². The van der Waals surface area contributed by atoms with E-state index >= 15 is 0 Å². The van der Waals surface area contributed by atoms with Gasteiger partial charge in [-0.2, -0.15) is 0 Å². The zero-order valence-corrected chi connectivity index (χ0v) is 27.9. The summed E-state index contributed by atoms with van der Waals surface area (Å²) in [4.78, 5) is 17.3. The van der Waals surface area contributed by atoms with Crippen LogP contribution in [0.15, 0.2) is 59.3 Å². The average molecular weight is 708 g/mol. The Hall–Kier alpha value is -4.64. The summed E-state index contributed by atoms with van der Waals surface area (Å²) in [7, 11) is 2.86. The number of carbonyl (C=O) groups is 1. The summed E-state index contributed by atoms with van der Waals surface area (Å²) in [6, 6.07) is 14.6. The van der Waals surface area contributed by atoms with E-state index in [4.69, 9.17) is 47.0 Å². The summed E-state index contributed by atoms with van der Waals surface area (Å²) in [5.41, 5.74) is 3.77. The van der Waals surface area contributed by atoms with Crippen LogP contribution in [-0.4, -0.2) is 97.5 Å². The van der Waals surface area contributed by atoms with Gasteiger partial charge in [0.25, 0.3) is 0 Å². The standard InChI is InChI=1S/C29H32O13.C7H5NO/c1-11-36-9-20-27(40-11)24(31)25(32)29(41-20)42-26-14-7-17-16(38-10-39-17)6-13(14)21(22-15(26)8-37-28(22)33)12-4-18(34-2)23(30)19(5-12)35-3;1-2-4-7-6(3-1)8-5-9-7/h4-7,11,15,20-22,24-27,29-32H,8-10H2,1-3H3;1-5H/t11-,15?,20-,21-,22+,24-,25-,26?,27-,29+;/m1./s1. The molecular formula is C36H37NO14. The van der Waals surface area contributed by atoms with Crippen LogP contribution in [0.2, 0.25) is 0 Å². The summed E-state index contributed by atoms with van der Waals surface area (Å²) in [6.07, 6.45) is -5.35. The number of cyclic esters (lactones) is 1. The van der Waals surface area contributed by atoms with Crippen LogP contribution in [0.3, 0.4) is 0 Å². The number of phenols is 1. The van der Waals surface area contributed by atoms with E-state index in [-0.39, 0.29) is 37.3 Å². The minimum Gasteiger partial charge on any atom is -0.502 e. The van der Waals surface area contributed by atoms with Gasteiger partial charge >= 0.3 is 5.97 Å². The van der Waals surface area contributed by atoms with Gasteiger partial charge in [0.15, 0.2) is 47.6 Å². The molecular weight excluding hydrogens is 670 g/mol. The van der Waals surface area contributed by atoms with Crippen molar-refractivity contribution in [3.63, 3.8) is 0 Å². The number of phenolic OH excluding ortho intramolecular Hbond substituents is 1. The van der Waals surface area contributed by atoms with Crippen LogP contribution in [0, 0.1) is 11.8 Å². The molecule has 1 aromatic heterocycles. The minimum atomic E-state index is -1.44. The highest BCUT2D eigenvalue weighted by Gasteiger charge is 2.56. The van der Waals surface area contributed by atoms with Crippen LogP contribution >= 0.6 is 0 Å². The first kappa shape index (κ1) is 33.5. The molecule has 3 fully saturated rings. The number of hydrogen-bond donors (Lipinski definition) is 3. The molecule has 0 bridgehead atoms. The number of aromatic nitrogens is 1. The smallest absolute Gasteiger partial charge is 0.310 e. The monoisotopic (exact) mass is 707 g/mol. The van der Waals surface area contributed by atoms with Gasteiger partial charge in [-0.25, -0.2) is 4.98 Å². The highest BCUT2D eigenvalue weighted by Crippen LogP contribution is 2.57. The molecule has 3 aromatic carbocycles. The lowest BCUT2D eigenvalue weighted by molar-refractivity contribution is -0.364. The van der Waals surface area contributed by atoms with Crippen molar-refractivity contribution in [3.8, 4) is 28.7 Å². The second-order valence-corrected chi connectivity index (χ2v) is 12.8. The molecule has 0 amide bonds. The number of esters is 1. The van der Waals surface area contributed by atoms with Crippen molar-refractivity contribution in [2.24, 2.45) is 11.8 Å². The Morgan fingerprint density at radius 2 is 1.61 bits per heavy atom. The molecule has 2 unspecified atom stereocenters. The molecule has 3 saturated heterocycles. The van der Waals surface area contributed by atoms with E-state index < -0.39 is 66.8 Å². The SMILES string of the molecule is COc1cc([C@@H]2c3cc4c(cc3C(O[C@@H]3O[C@@H]5CO[C@@H](C)O[C@H]5[C@H](O)[C@H]3O)C3COC(=O)[C@@H]32)OCO4)cc(OC)c1O.c1ccc2ocnc2c1. The first-order valence-electron chi connectivity index (χ1n) is 16.5. The van der Waals surface area contributed by atoms with Crippen molar-refractivity contribution < 1.29 is 67.2 Å². The van der Waals surface area contributed by atoms with E-state index in [2.05, 4.69) is 4.98 Å². The Labute approximate surface area is 291 Å². The Morgan fingerprint density at radius 1 is 0.882 bits per heavy atom. The lowest BCUT2D eigenvalue weighted by Crippen LogP contribution is -2.63. The molecule has 15 heteroatoms. The number of carbonyl (C=O) groups excluding carboxylic acids is 1. The van der Waals surface area contributed by atoms with E-state index in [1.165, 1.54) is 20.6 Å². The predicted molar refractivity (Wildman–Crippen MR) is 172 cm³/mol. The number of oxazole rings is 1. The molecule has 1 aliphatic carbocycles. The maximum Gasteiger partial charge on any atom is 0.310 e. The number of aliphatic hydroxyl groups is 2. The predicted octanol–water partition coefficient (Wildman–Crippen LogP) is 3.17. The zero-order chi connectivity index (χ0) is 35.4. The van der Waals surface area contributed by atoms with Gasteiger partial charge in [0.05, 0.1) is 39.5 Å². The third-order valence-corrected chi connectivity index (χ3v) is 9.98.